The minimum Gasteiger partial charge on any atom is -0.492 e. The summed E-state index contributed by atoms with van der Waals surface area (Å²) in [6.45, 7) is 0.616. The van der Waals surface area contributed by atoms with Crippen molar-refractivity contribution in [3.63, 3.8) is 0 Å². The fourth-order valence-corrected chi connectivity index (χ4v) is 2.05. The minimum atomic E-state index is -0.314. The summed E-state index contributed by atoms with van der Waals surface area (Å²) in [5.41, 5.74) is 0.676. The van der Waals surface area contributed by atoms with Crippen LogP contribution in [0.25, 0.3) is 11.0 Å². The first-order chi connectivity index (χ1) is 10.7. The molecular weight excluding hydrogens is 285 g/mol. The van der Waals surface area contributed by atoms with Gasteiger partial charge in [0.2, 0.25) is 0 Å². The zero-order valence-corrected chi connectivity index (χ0v) is 11.7. The van der Waals surface area contributed by atoms with Gasteiger partial charge in [0.15, 0.2) is 5.76 Å². The summed E-state index contributed by atoms with van der Waals surface area (Å²) in [4.78, 5) is 12.0. The Labute approximate surface area is 126 Å². The maximum absolute atomic E-state index is 12.7. The van der Waals surface area contributed by atoms with Crippen molar-refractivity contribution in [1.82, 2.24) is 5.32 Å². The van der Waals surface area contributed by atoms with Gasteiger partial charge in [0.1, 0.15) is 23.8 Å². The van der Waals surface area contributed by atoms with E-state index in [1.165, 1.54) is 24.3 Å². The van der Waals surface area contributed by atoms with E-state index in [2.05, 4.69) is 5.32 Å². The molecule has 0 bridgehead atoms. The molecule has 0 unspecified atom stereocenters. The molecule has 1 heterocycles. The van der Waals surface area contributed by atoms with E-state index < -0.39 is 0 Å². The van der Waals surface area contributed by atoms with Crippen molar-refractivity contribution < 1.29 is 18.3 Å². The Morgan fingerprint density at radius 3 is 2.68 bits per heavy atom. The Morgan fingerprint density at radius 1 is 1.14 bits per heavy atom. The molecule has 1 aromatic heterocycles. The highest BCUT2D eigenvalue weighted by Gasteiger charge is 2.11. The number of benzene rings is 2. The molecule has 0 aliphatic heterocycles. The van der Waals surface area contributed by atoms with Gasteiger partial charge in [-0.25, -0.2) is 4.39 Å². The summed E-state index contributed by atoms with van der Waals surface area (Å²) < 4.78 is 23.6. The van der Waals surface area contributed by atoms with Crippen LogP contribution in [0.3, 0.4) is 0 Å². The van der Waals surface area contributed by atoms with Crippen LogP contribution in [0.5, 0.6) is 5.75 Å². The summed E-state index contributed by atoms with van der Waals surface area (Å²) >= 11 is 0. The third-order valence-electron chi connectivity index (χ3n) is 3.12. The molecule has 3 aromatic rings. The highest BCUT2D eigenvalue weighted by molar-refractivity contribution is 5.96. The number of furan rings is 1. The first kappa shape index (κ1) is 14.1. The summed E-state index contributed by atoms with van der Waals surface area (Å²) in [5.74, 6) is 0.215. The van der Waals surface area contributed by atoms with E-state index in [-0.39, 0.29) is 24.1 Å². The predicted octanol–water partition coefficient (Wildman–Crippen LogP) is 3.38. The van der Waals surface area contributed by atoms with Gasteiger partial charge in [-0.3, -0.25) is 4.79 Å². The maximum Gasteiger partial charge on any atom is 0.287 e. The standard InChI is InChI=1S/C17H14FNO3/c18-13-5-7-14(8-6-13)21-10-9-19-17(20)16-11-12-3-1-2-4-15(12)22-16/h1-8,11H,9-10H2,(H,19,20). The molecule has 3 rings (SSSR count). The predicted molar refractivity (Wildman–Crippen MR) is 80.4 cm³/mol. The van der Waals surface area contributed by atoms with Gasteiger partial charge in [-0.1, -0.05) is 18.2 Å². The van der Waals surface area contributed by atoms with Crippen molar-refractivity contribution in [3.05, 3.63) is 66.2 Å². The minimum absolute atomic E-state index is 0.267. The first-order valence-corrected chi connectivity index (χ1v) is 6.87. The zero-order chi connectivity index (χ0) is 15.4. The smallest absolute Gasteiger partial charge is 0.287 e. The highest BCUT2D eigenvalue weighted by atomic mass is 19.1. The van der Waals surface area contributed by atoms with Gasteiger partial charge in [0.05, 0.1) is 6.54 Å². The second-order valence-corrected chi connectivity index (χ2v) is 4.71. The van der Waals surface area contributed by atoms with Crippen molar-refractivity contribution in [2.24, 2.45) is 0 Å². The summed E-state index contributed by atoms with van der Waals surface area (Å²) in [7, 11) is 0. The molecule has 0 spiro atoms. The monoisotopic (exact) mass is 299 g/mol. The number of carbonyl (C=O) groups excluding carboxylic acids is 1. The lowest BCUT2D eigenvalue weighted by atomic mass is 10.2. The van der Waals surface area contributed by atoms with Crippen molar-refractivity contribution in [1.29, 1.82) is 0 Å². The zero-order valence-electron chi connectivity index (χ0n) is 11.7. The van der Waals surface area contributed by atoms with Gasteiger partial charge < -0.3 is 14.5 Å². The van der Waals surface area contributed by atoms with E-state index in [0.717, 1.165) is 5.39 Å². The van der Waals surface area contributed by atoms with Crippen LogP contribution in [0.15, 0.2) is 59.0 Å². The van der Waals surface area contributed by atoms with E-state index in [0.29, 0.717) is 17.9 Å². The van der Waals surface area contributed by atoms with Crippen LogP contribution >= 0.6 is 0 Å². The number of hydrogen-bond acceptors (Lipinski definition) is 3. The fourth-order valence-electron chi connectivity index (χ4n) is 2.05. The van der Waals surface area contributed by atoms with Gasteiger partial charge in [-0.2, -0.15) is 0 Å². The summed E-state index contributed by atoms with van der Waals surface area (Å²) in [6.07, 6.45) is 0. The summed E-state index contributed by atoms with van der Waals surface area (Å²) in [5, 5.41) is 3.59. The second-order valence-electron chi connectivity index (χ2n) is 4.71. The Bertz CT molecular complexity index is 747. The van der Waals surface area contributed by atoms with Gasteiger partial charge in [0.25, 0.3) is 5.91 Å². The molecule has 5 heteroatoms. The average molecular weight is 299 g/mol. The molecule has 0 fully saturated rings. The molecular formula is C17H14FNO3. The van der Waals surface area contributed by atoms with Crippen LogP contribution in [0.4, 0.5) is 4.39 Å². The normalized spacial score (nSPS) is 10.6. The van der Waals surface area contributed by atoms with E-state index in [1.54, 1.807) is 6.07 Å². The van der Waals surface area contributed by atoms with Crippen LogP contribution < -0.4 is 10.1 Å². The van der Waals surface area contributed by atoms with E-state index in [4.69, 9.17) is 9.15 Å². The molecule has 0 aliphatic carbocycles. The third-order valence-corrected chi connectivity index (χ3v) is 3.12. The molecule has 1 amide bonds. The lowest BCUT2D eigenvalue weighted by molar-refractivity contribution is 0.0921. The SMILES string of the molecule is O=C(NCCOc1ccc(F)cc1)c1cc2ccccc2o1. The fraction of sp³-hybridized carbons (Fsp3) is 0.118. The number of amides is 1. The largest absolute Gasteiger partial charge is 0.492 e. The quantitative estimate of drug-likeness (QED) is 0.735. The van der Waals surface area contributed by atoms with Gasteiger partial charge in [-0.15, -0.1) is 0 Å². The molecule has 1 N–H and O–H groups in total. The van der Waals surface area contributed by atoms with Crippen molar-refractivity contribution >= 4 is 16.9 Å². The number of halogens is 1. The summed E-state index contributed by atoms with van der Waals surface area (Å²) in [6, 6.07) is 14.8. The van der Waals surface area contributed by atoms with Crippen molar-refractivity contribution in [2.75, 3.05) is 13.2 Å². The van der Waals surface area contributed by atoms with Crippen LogP contribution in [-0.2, 0) is 0 Å². The van der Waals surface area contributed by atoms with Crippen molar-refractivity contribution in [3.8, 4) is 5.75 Å². The molecule has 4 nitrogen and oxygen atoms in total. The molecule has 0 radical (unpaired) electrons. The average Bonchev–Trinajstić information content (AvgIpc) is 2.97. The van der Waals surface area contributed by atoms with E-state index in [1.807, 2.05) is 24.3 Å². The Kier molecular flexibility index (Phi) is 4.05. The number of fused-ring (bicyclic) bond motifs is 1. The molecule has 0 saturated heterocycles. The second kappa shape index (κ2) is 6.30. The lowest BCUT2D eigenvalue weighted by Crippen LogP contribution is -2.27. The van der Waals surface area contributed by atoms with Gasteiger partial charge >= 0.3 is 0 Å². The topological polar surface area (TPSA) is 51.5 Å². The molecule has 2 aromatic carbocycles. The lowest BCUT2D eigenvalue weighted by Gasteiger charge is -2.06. The van der Waals surface area contributed by atoms with Crippen LogP contribution in [0.2, 0.25) is 0 Å². The van der Waals surface area contributed by atoms with Gasteiger partial charge in [-0.05, 0) is 36.4 Å². The molecule has 112 valence electrons. The molecule has 22 heavy (non-hydrogen) atoms. The van der Waals surface area contributed by atoms with Crippen LogP contribution in [-0.4, -0.2) is 19.1 Å². The first-order valence-electron chi connectivity index (χ1n) is 6.87. The maximum atomic E-state index is 12.7. The highest BCUT2D eigenvalue weighted by Crippen LogP contribution is 2.18. The van der Waals surface area contributed by atoms with Crippen LogP contribution in [0, 0.1) is 5.82 Å². The Hall–Kier alpha value is -2.82. The van der Waals surface area contributed by atoms with E-state index >= 15 is 0 Å². The number of hydrogen-bond donors (Lipinski definition) is 1. The van der Waals surface area contributed by atoms with Gasteiger partial charge in [0, 0.05) is 5.39 Å². The number of rotatable bonds is 5. The number of nitrogens with one attached hydrogen (secondary N) is 1. The number of carbonyl (C=O) groups is 1. The molecule has 0 aliphatic rings. The van der Waals surface area contributed by atoms with Crippen LogP contribution in [0.1, 0.15) is 10.6 Å². The molecule has 0 saturated carbocycles. The number of para-hydroxylation sites is 1. The van der Waals surface area contributed by atoms with E-state index in [9.17, 15) is 9.18 Å². The Morgan fingerprint density at radius 2 is 1.91 bits per heavy atom. The molecule has 0 atom stereocenters. The van der Waals surface area contributed by atoms with Crippen molar-refractivity contribution in [2.45, 2.75) is 0 Å². The third kappa shape index (κ3) is 3.25. The number of ether oxygens (including phenoxy) is 1. The Balaban J connectivity index is 1.50.